The molecule has 0 spiro atoms. The van der Waals surface area contributed by atoms with Gasteiger partial charge < -0.3 is 15.0 Å². The summed E-state index contributed by atoms with van der Waals surface area (Å²) >= 11 is 0. The first kappa shape index (κ1) is 34.2. The molecule has 0 unspecified atom stereocenters. The van der Waals surface area contributed by atoms with Gasteiger partial charge in [0.05, 0.1) is 17.7 Å². The molecule has 2 amide bonds. The molecule has 8 nitrogen and oxygen atoms in total. The number of methoxy groups -OCH3 is 1. The summed E-state index contributed by atoms with van der Waals surface area (Å²) in [6, 6.07) is 29.3. The Morgan fingerprint density at radius 1 is 0.848 bits per heavy atom. The van der Waals surface area contributed by atoms with Gasteiger partial charge in [-0.15, -0.1) is 0 Å². The van der Waals surface area contributed by atoms with Crippen LogP contribution in [0.4, 0.5) is 5.69 Å². The number of hydrogen-bond donors (Lipinski definition) is 1. The number of carbonyl (C=O) groups is 2. The normalized spacial score (nSPS) is 12.5. The van der Waals surface area contributed by atoms with Gasteiger partial charge in [0, 0.05) is 19.0 Å². The number of amides is 2. The molecule has 0 aliphatic heterocycles. The first-order chi connectivity index (χ1) is 22.0. The molecule has 0 saturated carbocycles. The highest BCUT2D eigenvalue weighted by molar-refractivity contribution is 7.92. The van der Waals surface area contributed by atoms with E-state index in [1.165, 1.54) is 24.1 Å². The van der Waals surface area contributed by atoms with Crippen LogP contribution in [0.1, 0.15) is 42.5 Å². The minimum absolute atomic E-state index is 0.0579. The van der Waals surface area contributed by atoms with E-state index in [1.54, 1.807) is 36.4 Å². The fraction of sp³-hybridized carbons (Fsp3) is 0.297. The van der Waals surface area contributed by atoms with Crippen LogP contribution in [-0.2, 0) is 32.6 Å². The molecule has 46 heavy (non-hydrogen) atoms. The average Bonchev–Trinajstić information content (AvgIpc) is 3.06. The van der Waals surface area contributed by atoms with E-state index in [9.17, 15) is 18.0 Å². The van der Waals surface area contributed by atoms with E-state index >= 15 is 0 Å². The van der Waals surface area contributed by atoms with Crippen molar-refractivity contribution in [3.63, 3.8) is 0 Å². The maximum atomic E-state index is 14.6. The van der Waals surface area contributed by atoms with Gasteiger partial charge in [-0.1, -0.05) is 79.2 Å². The summed E-state index contributed by atoms with van der Waals surface area (Å²) in [4.78, 5) is 30.1. The Morgan fingerprint density at radius 3 is 2.09 bits per heavy atom. The van der Waals surface area contributed by atoms with Gasteiger partial charge in [0.25, 0.3) is 10.0 Å². The third-order valence-corrected chi connectivity index (χ3v) is 9.91. The zero-order valence-electron chi connectivity index (χ0n) is 27.1. The summed E-state index contributed by atoms with van der Waals surface area (Å²) in [5, 5.41) is 3.07. The fourth-order valence-electron chi connectivity index (χ4n) is 5.08. The van der Waals surface area contributed by atoms with Gasteiger partial charge in [-0.2, -0.15) is 0 Å². The van der Waals surface area contributed by atoms with Crippen molar-refractivity contribution >= 4 is 27.5 Å². The maximum absolute atomic E-state index is 14.6. The van der Waals surface area contributed by atoms with Crippen molar-refractivity contribution in [3.8, 4) is 5.75 Å². The lowest BCUT2D eigenvalue weighted by Crippen LogP contribution is -2.54. The Balaban J connectivity index is 1.82. The molecule has 0 radical (unpaired) electrons. The molecule has 4 aromatic rings. The highest BCUT2D eigenvalue weighted by Crippen LogP contribution is 2.27. The summed E-state index contributed by atoms with van der Waals surface area (Å²) in [7, 11) is -2.66. The number of nitrogens with one attached hydrogen (secondary N) is 1. The number of benzene rings is 4. The quantitative estimate of drug-likeness (QED) is 0.181. The van der Waals surface area contributed by atoms with Crippen LogP contribution < -0.4 is 14.4 Å². The van der Waals surface area contributed by atoms with Gasteiger partial charge in [0.15, 0.2) is 0 Å². The monoisotopic (exact) mass is 641 g/mol. The maximum Gasteiger partial charge on any atom is 0.264 e. The molecule has 2 atom stereocenters. The number of anilines is 1. The predicted molar refractivity (Wildman–Crippen MR) is 182 cm³/mol. The second-order valence-corrected chi connectivity index (χ2v) is 13.4. The largest absolute Gasteiger partial charge is 0.497 e. The van der Waals surface area contributed by atoms with Gasteiger partial charge in [0.2, 0.25) is 11.8 Å². The van der Waals surface area contributed by atoms with Crippen LogP contribution in [-0.4, -0.2) is 50.9 Å². The van der Waals surface area contributed by atoms with Crippen molar-refractivity contribution < 1.29 is 22.7 Å². The van der Waals surface area contributed by atoms with Crippen LogP contribution in [0.2, 0.25) is 0 Å². The average molecular weight is 642 g/mol. The van der Waals surface area contributed by atoms with Crippen molar-refractivity contribution in [1.29, 1.82) is 0 Å². The zero-order valence-corrected chi connectivity index (χ0v) is 28.0. The number of ether oxygens (including phenoxy) is 1. The standard InChI is InChI=1S/C37H43N3O5S/c1-6-29(4)38-37(42)35(24-30-13-8-7-9-14-30)39(25-31-15-11-10-12-28(31)3)36(41)26-40(32-18-20-33(45-5)21-19-32)46(43,44)34-22-16-27(2)17-23-34/h7-23,29,35H,6,24-26H2,1-5H3,(H,38,42)/t29-,35+/m1/s1. The molecule has 0 aromatic heterocycles. The third kappa shape index (κ3) is 8.54. The van der Waals surface area contributed by atoms with Gasteiger partial charge in [-0.3, -0.25) is 13.9 Å². The predicted octanol–water partition coefficient (Wildman–Crippen LogP) is 6.06. The van der Waals surface area contributed by atoms with Crippen LogP contribution in [0, 0.1) is 13.8 Å². The minimum atomic E-state index is -4.18. The van der Waals surface area contributed by atoms with Crippen LogP contribution in [0.25, 0.3) is 0 Å². The Morgan fingerprint density at radius 2 is 1.48 bits per heavy atom. The van der Waals surface area contributed by atoms with E-state index in [1.807, 2.05) is 82.3 Å². The van der Waals surface area contributed by atoms with Crippen molar-refractivity contribution in [2.75, 3.05) is 18.0 Å². The lowest BCUT2D eigenvalue weighted by Gasteiger charge is -2.34. The van der Waals surface area contributed by atoms with Crippen molar-refractivity contribution in [1.82, 2.24) is 10.2 Å². The molecule has 9 heteroatoms. The Labute approximate surface area is 273 Å². The van der Waals surface area contributed by atoms with Crippen LogP contribution in [0.5, 0.6) is 5.75 Å². The molecule has 0 fully saturated rings. The van der Waals surface area contributed by atoms with Crippen LogP contribution >= 0.6 is 0 Å². The van der Waals surface area contributed by atoms with E-state index in [-0.39, 0.29) is 29.8 Å². The van der Waals surface area contributed by atoms with Gasteiger partial charge in [0.1, 0.15) is 18.3 Å². The fourth-order valence-corrected chi connectivity index (χ4v) is 6.49. The molecular formula is C37H43N3O5S. The summed E-state index contributed by atoms with van der Waals surface area (Å²) in [5.74, 6) is -0.249. The first-order valence-corrected chi connectivity index (χ1v) is 16.9. The van der Waals surface area contributed by atoms with E-state index in [4.69, 9.17) is 4.74 Å². The summed E-state index contributed by atoms with van der Waals surface area (Å²) in [5.41, 5.74) is 3.91. The summed E-state index contributed by atoms with van der Waals surface area (Å²) in [6.07, 6.45) is 0.976. The smallest absolute Gasteiger partial charge is 0.264 e. The first-order valence-electron chi connectivity index (χ1n) is 15.4. The minimum Gasteiger partial charge on any atom is -0.497 e. The molecule has 0 heterocycles. The van der Waals surface area contributed by atoms with Gasteiger partial charge in [-0.05, 0) is 80.3 Å². The van der Waals surface area contributed by atoms with E-state index in [0.29, 0.717) is 11.4 Å². The number of hydrogen-bond acceptors (Lipinski definition) is 5. The number of nitrogens with zero attached hydrogens (tertiary/aromatic N) is 2. The molecule has 242 valence electrons. The summed E-state index contributed by atoms with van der Waals surface area (Å²) < 4.78 is 34.8. The lowest BCUT2D eigenvalue weighted by atomic mass is 10.0. The van der Waals surface area contributed by atoms with E-state index in [0.717, 1.165) is 33.0 Å². The molecule has 4 aromatic carbocycles. The second-order valence-electron chi connectivity index (χ2n) is 11.5. The van der Waals surface area contributed by atoms with Crippen molar-refractivity contribution in [2.45, 2.75) is 64.1 Å². The van der Waals surface area contributed by atoms with E-state index in [2.05, 4.69) is 5.32 Å². The van der Waals surface area contributed by atoms with Crippen LogP contribution in [0.15, 0.2) is 108 Å². The van der Waals surface area contributed by atoms with Gasteiger partial charge in [-0.25, -0.2) is 8.42 Å². The molecule has 0 aliphatic rings. The lowest BCUT2D eigenvalue weighted by molar-refractivity contribution is -0.140. The zero-order chi connectivity index (χ0) is 33.3. The SMILES string of the molecule is CC[C@@H](C)NC(=O)[C@H](Cc1ccccc1)N(Cc1ccccc1C)C(=O)CN(c1ccc(OC)cc1)S(=O)(=O)c1ccc(C)cc1. The highest BCUT2D eigenvalue weighted by atomic mass is 32.2. The van der Waals surface area contributed by atoms with E-state index < -0.39 is 28.5 Å². The molecular weight excluding hydrogens is 598 g/mol. The van der Waals surface area contributed by atoms with Crippen LogP contribution in [0.3, 0.4) is 0 Å². The molecule has 0 saturated heterocycles. The summed E-state index contributed by atoms with van der Waals surface area (Å²) in [6.45, 7) is 7.34. The number of carbonyl (C=O) groups excluding carboxylic acids is 2. The second kappa shape index (κ2) is 15.6. The number of aryl methyl sites for hydroxylation is 2. The van der Waals surface area contributed by atoms with Crippen molar-refractivity contribution in [2.24, 2.45) is 0 Å². The number of sulfonamides is 1. The third-order valence-electron chi connectivity index (χ3n) is 8.12. The Bertz CT molecular complexity index is 1710. The topological polar surface area (TPSA) is 96.0 Å². The molecule has 4 rings (SSSR count). The Hall–Kier alpha value is -4.63. The molecule has 0 aliphatic carbocycles. The van der Waals surface area contributed by atoms with Gasteiger partial charge >= 0.3 is 0 Å². The highest BCUT2D eigenvalue weighted by Gasteiger charge is 2.35. The number of rotatable bonds is 14. The van der Waals surface area contributed by atoms with Crippen molar-refractivity contribution in [3.05, 3.63) is 125 Å². The Kier molecular flexibility index (Phi) is 11.6. The molecule has 0 bridgehead atoms. The molecule has 1 N–H and O–H groups in total.